The van der Waals surface area contributed by atoms with Crippen LogP contribution in [0.2, 0.25) is 0 Å². The van der Waals surface area contributed by atoms with E-state index in [9.17, 15) is 13.6 Å². The highest BCUT2D eigenvalue weighted by Crippen LogP contribution is 2.30. The molecule has 0 aliphatic rings. The summed E-state index contributed by atoms with van der Waals surface area (Å²) in [5.74, 6) is -0.0975. The third-order valence-corrected chi connectivity index (χ3v) is 4.85. The molecule has 0 unspecified atom stereocenters. The molecule has 0 aliphatic carbocycles. The molecule has 0 spiro atoms. The summed E-state index contributed by atoms with van der Waals surface area (Å²) in [5.41, 5.74) is 3.68. The maximum Gasteiger partial charge on any atom is 0.387 e. The molecule has 0 saturated carbocycles. The number of aromatic nitrogens is 1. The van der Waals surface area contributed by atoms with Crippen LogP contribution in [0.15, 0.2) is 73.1 Å². The molecule has 7 heteroatoms. The summed E-state index contributed by atoms with van der Waals surface area (Å²) in [6, 6.07) is 16.2. The van der Waals surface area contributed by atoms with Crippen molar-refractivity contribution in [1.29, 1.82) is 0 Å². The molecule has 5 nitrogen and oxygen atoms in total. The molecule has 3 aromatic rings. The van der Waals surface area contributed by atoms with Gasteiger partial charge in [-0.3, -0.25) is 9.78 Å². The fraction of sp³-hybridized carbons (Fsp3) is 0.200. The van der Waals surface area contributed by atoms with Gasteiger partial charge in [0, 0.05) is 31.6 Å². The van der Waals surface area contributed by atoms with Crippen molar-refractivity contribution in [2.45, 2.75) is 26.6 Å². The third-order valence-electron chi connectivity index (χ3n) is 4.85. The SMILES string of the molecule is COc1cc(/C=C/C(=O)N(Cc2cccnc2)Cc2ccccc2C)ccc1OC(F)F. The zero-order valence-electron chi connectivity index (χ0n) is 17.9. The van der Waals surface area contributed by atoms with Gasteiger partial charge in [-0.15, -0.1) is 0 Å². The Balaban J connectivity index is 1.81. The van der Waals surface area contributed by atoms with Crippen LogP contribution < -0.4 is 9.47 Å². The number of alkyl halides is 2. The average Bonchev–Trinajstić information content (AvgIpc) is 2.79. The van der Waals surface area contributed by atoms with E-state index in [4.69, 9.17) is 4.74 Å². The van der Waals surface area contributed by atoms with Gasteiger partial charge in [0.1, 0.15) is 0 Å². The number of methoxy groups -OCH3 is 1. The van der Waals surface area contributed by atoms with E-state index in [1.165, 1.54) is 25.3 Å². The van der Waals surface area contributed by atoms with Gasteiger partial charge in [0.25, 0.3) is 0 Å². The van der Waals surface area contributed by atoms with Gasteiger partial charge in [-0.1, -0.05) is 36.4 Å². The van der Waals surface area contributed by atoms with Gasteiger partial charge in [-0.25, -0.2) is 0 Å². The average molecular weight is 438 g/mol. The molecule has 0 N–H and O–H groups in total. The number of halogens is 2. The Hall–Kier alpha value is -3.74. The van der Waals surface area contributed by atoms with Crippen molar-refractivity contribution >= 4 is 12.0 Å². The van der Waals surface area contributed by atoms with Crippen LogP contribution in [0.5, 0.6) is 11.5 Å². The largest absolute Gasteiger partial charge is 0.493 e. The zero-order chi connectivity index (χ0) is 22.9. The zero-order valence-corrected chi connectivity index (χ0v) is 17.9. The van der Waals surface area contributed by atoms with Crippen LogP contribution in [-0.2, 0) is 17.9 Å². The smallest absolute Gasteiger partial charge is 0.387 e. The molecule has 32 heavy (non-hydrogen) atoms. The Bertz CT molecular complexity index is 1070. The van der Waals surface area contributed by atoms with E-state index in [1.807, 2.05) is 43.3 Å². The molecular formula is C25H24F2N2O3. The number of ether oxygens (including phenoxy) is 2. The lowest BCUT2D eigenvalue weighted by Gasteiger charge is -2.22. The van der Waals surface area contributed by atoms with Crippen molar-refractivity contribution in [1.82, 2.24) is 9.88 Å². The number of amides is 1. The second-order valence-electron chi connectivity index (χ2n) is 7.10. The summed E-state index contributed by atoms with van der Waals surface area (Å²) in [6.45, 7) is -0.104. The van der Waals surface area contributed by atoms with E-state index in [1.54, 1.807) is 29.4 Å². The van der Waals surface area contributed by atoms with E-state index >= 15 is 0 Å². The van der Waals surface area contributed by atoms with Crippen molar-refractivity contribution in [2.24, 2.45) is 0 Å². The molecule has 0 radical (unpaired) electrons. The van der Waals surface area contributed by atoms with Gasteiger partial charge in [0.05, 0.1) is 7.11 Å². The Morgan fingerprint density at radius 3 is 2.59 bits per heavy atom. The predicted octanol–water partition coefficient (Wildman–Crippen LogP) is 5.24. The van der Waals surface area contributed by atoms with E-state index < -0.39 is 6.61 Å². The van der Waals surface area contributed by atoms with Crippen LogP contribution >= 0.6 is 0 Å². The summed E-state index contributed by atoms with van der Waals surface area (Å²) in [5, 5.41) is 0. The molecule has 0 aliphatic heterocycles. The topological polar surface area (TPSA) is 51.7 Å². The molecule has 1 aromatic heterocycles. The lowest BCUT2D eigenvalue weighted by atomic mass is 10.1. The molecule has 166 valence electrons. The third kappa shape index (κ3) is 6.38. The highest BCUT2D eigenvalue weighted by atomic mass is 19.3. The predicted molar refractivity (Wildman–Crippen MR) is 118 cm³/mol. The van der Waals surface area contributed by atoms with Crippen LogP contribution in [0, 0.1) is 6.92 Å². The highest BCUT2D eigenvalue weighted by Gasteiger charge is 2.14. The minimum absolute atomic E-state index is 0.0660. The lowest BCUT2D eigenvalue weighted by molar-refractivity contribution is -0.127. The number of hydrogen-bond donors (Lipinski definition) is 0. The van der Waals surface area contributed by atoms with Gasteiger partial charge in [0.2, 0.25) is 5.91 Å². The van der Waals surface area contributed by atoms with Gasteiger partial charge in [0.15, 0.2) is 11.5 Å². The summed E-state index contributed by atoms with van der Waals surface area (Å²) in [6.07, 6.45) is 6.49. The van der Waals surface area contributed by atoms with E-state index in [-0.39, 0.29) is 17.4 Å². The van der Waals surface area contributed by atoms with Crippen LogP contribution in [-0.4, -0.2) is 29.5 Å². The fourth-order valence-electron chi connectivity index (χ4n) is 3.17. The number of benzene rings is 2. The van der Waals surface area contributed by atoms with Crippen molar-refractivity contribution in [3.8, 4) is 11.5 Å². The van der Waals surface area contributed by atoms with E-state index in [2.05, 4.69) is 9.72 Å². The maximum absolute atomic E-state index is 13.1. The Morgan fingerprint density at radius 1 is 1.09 bits per heavy atom. The molecule has 3 rings (SSSR count). The number of nitrogens with zero attached hydrogens (tertiary/aromatic N) is 2. The van der Waals surface area contributed by atoms with Crippen LogP contribution in [0.4, 0.5) is 8.78 Å². The normalized spacial score (nSPS) is 11.0. The Kier molecular flexibility index (Phi) is 7.91. The van der Waals surface area contributed by atoms with Gasteiger partial charge < -0.3 is 14.4 Å². The summed E-state index contributed by atoms with van der Waals surface area (Å²) >= 11 is 0. The number of carbonyl (C=O) groups excluding carboxylic acids is 1. The van der Waals surface area contributed by atoms with Crippen molar-refractivity contribution in [3.05, 3.63) is 95.3 Å². The quantitative estimate of drug-likeness (QED) is 0.429. The number of carbonyl (C=O) groups is 1. The first kappa shape index (κ1) is 22.9. The molecular weight excluding hydrogens is 414 g/mol. The van der Waals surface area contributed by atoms with Crippen molar-refractivity contribution in [2.75, 3.05) is 7.11 Å². The minimum Gasteiger partial charge on any atom is -0.493 e. The lowest BCUT2D eigenvalue weighted by Crippen LogP contribution is -2.28. The van der Waals surface area contributed by atoms with E-state index in [0.29, 0.717) is 18.7 Å². The number of pyridine rings is 1. The minimum atomic E-state index is -2.95. The molecule has 0 atom stereocenters. The Morgan fingerprint density at radius 2 is 1.91 bits per heavy atom. The van der Waals surface area contributed by atoms with Crippen LogP contribution in [0.1, 0.15) is 22.3 Å². The number of aryl methyl sites for hydroxylation is 1. The summed E-state index contributed by atoms with van der Waals surface area (Å²) in [4.78, 5) is 18.9. The maximum atomic E-state index is 13.1. The first-order valence-corrected chi connectivity index (χ1v) is 9.99. The van der Waals surface area contributed by atoms with Crippen LogP contribution in [0.25, 0.3) is 6.08 Å². The molecule has 0 bridgehead atoms. The monoisotopic (exact) mass is 438 g/mol. The summed E-state index contributed by atoms with van der Waals surface area (Å²) < 4.78 is 34.6. The Labute approximate surface area is 185 Å². The van der Waals surface area contributed by atoms with Crippen molar-refractivity contribution in [3.63, 3.8) is 0 Å². The van der Waals surface area contributed by atoms with Gasteiger partial charge in [-0.2, -0.15) is 8.78 Å². The number of rotatable bonds is 9. The van der Waals surface area contributed by atoms with Crippen LogP contribution in [0.3, 0.4) is 0 Å². The molecule has 0 fully saturated rings. The molecule has 0 saturated heterocycles. The first-order valence-electron chi connectivity index (χ1n) is 9.99. The fourth-order valence-corrected chi connectivity index (χ4v) is 3.17. The second kappa shape index (κ2) is 11.0. The molecule has 2 aromatic carbocycles. The number of hydrogen-bond acceptors (Lipinski definition) is 4. The highest BCUT2D eigenvalue weighted by molar-refractivity contribution is 5.91. The van der Waals surface area contributed by atoms with Gasteiger partial charge in [-0.05, 0) is 53.5 Å². The van der Waals surface area contributed by atoms with E-state index in [0.717, 1.165) is 16.7 Å². The van der Waals surface area contributed by atoms with Gasteiger partial charge >= 0.3 is 6.61 Å². The standard InChI is InChI=1S/C25H24F2N2O3/c1-18-6-3-4-8-21(18)17-29(16-20-7-5-13-28-15-20)24(30)12-10-19-9-11-22(32-25(26)27)23(14-19)31-2/h3-15,25H,16-17H2,1-2H3/b12-10+. The molecule has 1 heterocycles. The molecule has 1 amide bonds. The second-order valence-corrected chi connectivity index (χ2v) is 7.10. The first-order chi connectivity index (χ1) is 15.5. The van der Waals surface area contributed by atoms with Crippen molar-refractivity contribution < 1.29 is 23.0 Å². The summed E-state index contributed by atoms with van der Waals surface area (Å²) in [7, 11) is 1.37.